The number of hydrogen-bond acceptors (Lipinski definition) is 1. The maximum absolute atomic E-state index is 11.4. The molecule has 0 saturated heterocycles. The molecular weight excluding hydrogens is 222 g/mol. The third-order valence-corrected chi connectivity index (χ3v) is 3.55. The number of rotatable bonds is 4. The first-order chi connectivity index (χ1) is 8.45. The Balaban J connectivity index is 2.60. The molecule has 0 spiro atoms. The number of hydrogen-bond donors (Lipinski definition) is 0. The fourth-order valence-corrected chi connectivity index (χ4v) is 2.77. The van der Waals surface area contributed by atoms with Crippen LogP contribution in [0.1, 0.15) is 39.7 Å². The summed E-state index contributed by atoms with van der Waals surface area (Å²) < 4.78 is 2.26. The van der Waals surface area contributed by atoms with Crippen LogP contribution in [0.2, 0.25) is 0 Å². The van der Waals surface area contributed by atoms with Gasteiger partial charge in [0.15, 0.2) is 0 Å². The van der Waals surface area contributed by atoms with Crippen molar-refractivity contribution in [3.63, 3.8) is 0 Å². The summed E-state index contributed by atoms with van der Waals surface area (Å²) in [6, 6.07) is 8.43. The van der Waals surface area contributed by atoms with Gasteiger partial charge < -0.3 is 4.57 Å². The lowest BCUT2D eigenvalue weighted by molar-refractivity contribution is -0.118. The van der Waals surface area contributed by atoms with Crippen molar-refractivity contribution in [3.05, 3.63) is 36.0 Å². The maximum atomic E-state index is 11.4. The fraction of sp³-hybridized carbons (Fsp3) is 0.438. The van der Waals surface area contributed by atoms with Gasteiger partial charge in [-0.15, -0.1) is 0 Å². The largest absolute Gasteiger partial charge is 0.347 e. The molecule has 1 heterocycles. The van der Waals surface area contributed by atoms with Crippen molar-refractivity contribution in [1.82, 2.24) is 4.57 Å². The monoisotopic (exact) mass is 243 g/mol. The number of carbonyl (C=O) groups is 1. The fourth-order valence-electron chi connectivity index (χ4n) is 2.77. The van der Waals surface area contributed by atoms with Crippen molar-refractivity contribution < 1.29 is 4.79 Å². The quantitative estimate of drug-likeness (QED) is 0.797. The van der Waals surface area contributed by atoms with Crippen LogP contribution >= 0.6 is 0 Å². The molecule has 0 saturated carbocycles. The predicted octanol–water partition coefficient (Wildman–Crippen LogP) is 3.92. The molecule has 0 amide bonds. The highest BCUT2D eigenvalue weighted by molar-refractivity contribution is 5.86. The second-order valence-electron chi connectivity index (χ2n) is 5.61. The zero-order chi connectivity index (χ0) is 13.3. The number of aromatic nitrogens is 1. The third-order valence-electron chi connectivity index (χ3n) is 3.55. The van der Waals surface area contributed by atoms with Crippen LogP contribution in [0.5, 0.6) is 0 Å². The van der Waals surface area contributed by atoms with Gasteiger partial charge in [0.05, 0.1) is 0 Å². The SMILES string of the molecule is CCn1cc(C(C)(C)CC(C)=O)c2ccccc21. The number of carbonyl (C=O) groups excluding carboxylic acids is 1. The average molecular weight is 243 g/mol. The van der Waals surface area contributed by atoms with Crippen molar-refractivity contribution in [3.8, 4) is 0 Å². The number of benzene rings is 1. The molecule has 0 N–H and O–H groups in total. The summed E-state index contributed by atoms with van der Waals surface area (Å²) in [5.41, 5.74) is 2.42. The zero-order valence-corrected chi connectivity index (χ0v) is 11.7. The molecule has 0 aliphatic heterocycles. The molecule has 96 valence electrons. The lowest BCUT2D eigenvalue weighted by atomic mass is 9.80. The Morgan fingerprint density at radius 1 is 1.28 bits per heavy atom. The summed E-state index contributed by atoms with van der Waals surface area (Å²) in [6.07, 6.45) is 2.79. The lowest BCUT2D eigenvalue weighted by Crippen LogP contribution is -2.20. The molecule has 0 atom stereocenters. The van der Waals surface area contributed by atoms with Crippen molar-refractivity contribution in [2.45, 2.75) is 46.1 Å². The Morgan fingerprint density at radius 3 is 2.56 bits per heavy atom. The maximum Gasteiger partial charge on any atom is 0.130 e. The number of Topliss-reactive ketones (excluding diaryl/α,β-unsaturated/α-hetero) is 1. The van der Waals surface area contributed by atoms with Crippen LogP contribution in [-0.2, 0) is 16.8 Å². The molecule has 0 radical (unpaired) electrons. The third kappa shape index (κ3) is 2.20. The van der Waals surface area contributed by atoms with Gasteiger partial charge in [0.2, 0.25) is 0 Å². The van der Waals surface area contributed by atoms with Crippen LogP contribution in [0.3, 0.4) is 0 Å². The Morgan fingerprint density at radius 2 is 1.94 bits per heavy atom. The molecular formula is C16H21NO. The topological polar surface area (TPSA) is 22.0 Å². The molecule has 2 nitrogen and oxygen atoms in total. The summed E-state index contributed by atoms with van der Waals surface area (Å²) in [5.74, 6) is 0.244. The van der Waals surface area contributed by atoms with Crippen LogP contribution in [0.25, 0.3) is 10.9 Å². The van der Waals surface area contributed by atoms with E-state index < -0.39 is 0 Å². The Kier molecular flexibility index (Phi) is 3.29. The van der Waals surface area contributed by atoms with E-state index in [0.717, 1.165) is 6.54 Å². The van der Waals surface area contributed by atoms with Crippen LogP contribution in [-0.4, -0.2) is 10.4 Å². The highest BCUT2D eigenvalue weighted by atomic mass is 16.1. The van der Waals surface area contributed by atoms with Gasteiger partial charge in [-0.3, -0.25) is 4.79 Å². The zero-order valence-electron chi connectivity index (χ0n) is 11.7. The highest BCUT2D eigenvalue weighted by Gasteiger charge is 2.26. The van der Waals surface area contributed by atoms with E-state index in [1.54, 1.807) is 6.92 Å². The minimum atomic E-state index is -0.105. The predicted molar refractivity (Wildman–Crippen MR) is 75.9 cm³/mol. The molecule has 1 aromatic heterocycles. The van der Waals surface area contributed by atoms with E-state index in [1.807, 2.05) is 0 Å². The molecule has 0 aliphatic carbocycles. The van der Waals surface area contributed by atoms with Crippen LogP contribution in [0, 0.1) is 0 Å². The lowest BCUT2D eigenvalue weighted by Gasteiger charge is -2.22. The van der Waals surface area contributed by atoms with Gasteiger partial charge in [0.1, 0.15) is 5.78 Å². The van der Waals surface area contributed by atoms with Gasteiger partial charge in [0.25, 0.3) is 0 Å². The number of aryl methyl sites for hydroxylation is 1. The first kappa shape index (κ1) is 12.9. The Bertz CT molecular complexity index is 578. The molecule has 0 aliphatic rings. The van der Waals surface area contributed by atoms with E-state index in [9.17, 15) is 4.79 Å². The van der Waals surface area contributed by atoms with Crippen molar-refractivity contribution in [2.75, 3.05) is 0 Å². The van der Waals surface area contributed by atoms with Gasteiger partial charge >= 0.3 is 0 Å². The van der Waals surface area contributed by atoms with Gasteiger partial charge in [0, 0.05) is 30.1 Å². The average Bonchev–Trinajstić information content (AvgIpc) is 2.66. The summed E-state index contributed by atoms with van der Waals surface area (Å²) in [5, 5.41) is 1.27. The van der Waals surface area contributed by atoms with Crippen LogP contribution < -0.4 is 0 Å². The van der Waals surface area contributed by atoms with E-state index in [1.165, 1.54) is 16.5 Å². The normalized spacial score (nSPS) is 12.0. The molecule has 0 fully saturated rings. The summed E-state index contributed by atoms with van der Waals surface area (Å²) >= 11 is 0. The van der Waals surface area contributed by atoms with Gasteiger partial charge in [-0.05, 0) is 30.9 Å². The van der Waals surface area contributed by atoms with E-state index in [4.69, 9.17) is 0 Å². The number of para-hydroxylation sites is 1. The summed E-state index contributed by atoms with van der Waals surface area (Å²) in [6.45, 7) is 9.07. The second-order valence-corrected chi connectivity index (χ2v) is 5.61. The van der Waals surface area contributed by atoms with Crippen molar-refractivity contribution >= 4 is 16.7 Å². The minimum Gasteiger partial charge on any atom is -0.347 e. The van der Waals surface area contributed by atoms with Crippen molar-refractivity contribution in [2.24, 2.45) is 0 Å². The van der Waals surface area contributed by atoms with E-state index in [0.29, 0.717) is 6.42 Å². The summed E-state index contributed by atoms with van der Waals surface area (Å²) in [7, 11) is 0. The molecule has 0 bridgehead atoms. The van der Waals surface area contributed by atoms with E-state index in [-0.39, 0.29) is 11.2 Å². The number of nitrogens with zero attached hydrogens (tertiary/aromatic N) is 1. The van der Waals surface area contributed by atoms with Crippen LogP contribution in [0.15, 0.2) is 30.5 Å². The van der Waals surface area contributed by atoms with Crippen LogP contribution in [0.4, 0.5) is 0 Å². The minimum absolute atomic E-state index is 0.105. The number of ketones is 1. The van der Waals surface area contributed by atoms with Gasteiger partial charge in [-0.1, -0.05) is 32.0 Å². The smallest absolute Gasteiger partial charge is 0.130 e. The Labute approximate surface area is 109 Å². The van der Waals surface area contributed by atoms with Gasteiger partial charge in [-0.25, -0.2) is 0 Å². The molecule has 2 rings (SSSR count). The first-order valence-corrected chi connectivity index (χ1v) is 6.53. The summed E-state index contributed by atoms with van der Waals surface area (Å²) in [4.78, 5) is 11.4. The molecule has 2 heteroatoms. The van der Waals surface area contributed by atoms with Gasteiger partial charge in [-0.2, -0.15) is 0 Å². The number of fused-ring (bicyclic) bond motifs is 1. The molecule has 18 heavy (non-hydrogen) atoms. The highest BCUT2D eigenvalue weighted by Crippen LogP contribution is 2.34. The van der Waals surface area contributed by atoms with Crippen molar-refractivity contribution in [1.29, 1.82) is 0 Å². The van der Waals surface area contributed by atoms with E-state index in [2.05, 4.69) is 55.8 Å². The second kappa shape index (κ2) is 4.60. The standard InChI is InChI=1S/C16H21NO/c1-5-17-11-14(16(3,4)10-12(2)18)13-8-6-7-9-15(13)17/h6-9,11H,5,10H2,1-4H3. The molecule has 2 aromatic rings. The van der Waals surface area contributed by atoms with E-state index >= 15 is 0 Å². The molecule has 0 unspecified atom stereocenters. The first-order valence-electron chi connectivity index (χ1n) is 6.53. The molecule has 1 aromatic carbocycles. The Hall–Kier alpha value is -1.57.